The van der Waals surface area contributed by atoms with Crippen molar-refractivity contribution in [1.82, 2.24) is 10.8 Å². The zero-order valence-corrected chi connectivity index (χ0v) is 21.3. The number of rotatable bonds is 9. The lowest BCUT2D eigenvalue weighted by Gasteiger charge is -2.38. The van der Waals surface area contributed by atoms with Crippen LogP contribution in [0.4, 0.5) is 0 Å². The van der Waals surface area contributed by atoms with E-state index < -0.39 is 23.3 Å². The van der Waals surface area contributed by atoms with Gasteiger partial charge in [-0.1, -0.05) is 60.3 Å². The van der Waals surface area contributed by atoms with E-state index in [0.29, 0.717) is 37.0 Å². The summed E-state index contributed by atoms with van der Waals surface area (Å²) >= 11 is 1.11. The number of benzene rings is 2. The van der Waals surface area contributed by atoms with E-state index in [1.165, 1.54) is 6.92 Å². The average Bonchev–Trinajstić information content (AvgIpc) is 2.91. The van der Waals surface area contributed by atoms with Gasteiger partial charge in [0.2, 0.25) is 5.91 Å². The van der Waals surface area contributed by atoms with E-state index in [1.807, 2.05) is 30.3 Å². The summed E-state index contributed by atoms with van der Waals surface area (Å²) in [6, 6.07) is 16.6. The maximum Gasteiger partial charge on any atom is 0.354 e. The molecule has 1 aliphatic carbocycles. The normalized spacial score (nSPS) is 20.1. The van der Waals surface area contributed by atoms with Crippen LogP contribution in [0.2, 0.25) is 0 Å². The Morgan fingerprint density at radius 3 is 2.19 bits per heavy atom. The number of carbonyl (C=O) groups is 4. The fourth-order valence-electron chi connectivity index (χ4n) is 4.23. The van der Waals surface area contributed by atoms with Gasteiger partial charge in [-0.3, -0.25) is 14.4 Å². The Kier molecular flexibility index (Phi) is 10.1. The van der Waals surface area contributed by atoms with Gasteiger partial charge in [-0.15, -0.1) is 0 Å². The maximum atomic E-state index is 13.6. The molecule has 1 aliphatic rings. The number of hydroxylamine groups is 1. The topological polar surface area (TPSA) is 111 Å². The zero-order valence-electron chi connectivity index (χ0n) is 20.5. The second-order valence-corrected chi connectivity index (χ2v) is 10.1. The Balaban J connectivity index is 1.75. The number of amides is 2. The van der Waals surface area contributed by atoms with Crippen LogP contribution in [0, 0.1) is 5.41 Å². The van der Waals surface area contributed by atoms with Gasteiger partial charge in [0, 0.05) is 31.8 Å². The van der Waals surface area contributed by atoms with Gasteiger partial charge in [-0.2, -0.15) is 5.48 Å². The van der Waals surface area contributed by atoms with E-state index in [-0.39, 0.29) is 23.5 Å². The molecule has 0 saturated heterocycles. The molecule has 0 heterocycles. The molecule has 9 heteroatoms. The summed E-state index contributed by atoms with van der Waals surface area (Å²) in [4.78, 5) is 55.8. The summed E-state index contributed by atoms with van der Waals surface area (Å²) in [5, 5.41) is 2.80. The highest BCUT2D eigenvalue weighted by molar-refractivity contribution is 8.13. The molecule has 2 amide bonds. The fourth-order valence-corrected chi connectivity index (χ4v) is 5.13. The number of nitrogens with one attached hydrogen (secondary N) is 2. The highest BCUT2D eigenvalue weighted by Gasteiger charge is 2.43. The lowest BCUT2D eigenvalue weighted by atomic mass is 9.73. The second kappa shape index (κ2) is 13.2. The van der Waals surface area contributed by atoms with Crippen LogP contribution in [0.15, 0.2) is 60.7 Å². The maximum absolute atomic E-state index is 13.6. The highest BCUT2D eigenvalue weighted by Crippen LogP contribution is 2.40. The summed E-state index contributed by atoms with van der Waals surface area (Å²) in [6.45, 7) is 1.47. The van der Waals surface area contributed by atoms with Gasteiger partial charge in [-0.25, -0.2) is 4.79 Å². The van der Waals surface area contributed by atoms with Gasteiger partial charge >= 0.3 is 5.97 Å². The summed E-state index contributed by atoms with van der Waals surface area (Å²) in [5.41, 5.74) is 2.52. The predicted octanol–water partition coefficient (Wildman–Crippen LogP) is 3.46. The minimum absolute atomic E-state index is 0.0616. The molecule has 0 aliphatic heterocycles. The summed E-state index contributed by atoms with van der Waals surface area (Å²) < 4.78 is 5.46. The van der Waals surface area contributed by atoms with Gasteiger partial charge in [0.15, 0.2) is 5.12 Å². The Labute approximate surface area is 215 Å². The lowest BCUT2D eigenvalue weighted by molar-refractivity contribution is -0.154. The molecular formula is C27H32N2O6S. The van der Waals surface area contributed by atoms with E-state index in [1.54, 1.807) is 37.4 Å². The van der Waals surface area contributed by atoms with Gasteiger partial charge in [0.05, 0.1) is 11.5 Å². The summed E-state index contributed by atoms with van der Waals surface area (Å²) in [5.74, 6) is -1.34. The third kappa shape index (κ3) is 7.66. The number of carbonyl (C=O) groups excluding carboxylic acids is 4. The Morgan fingerprint density at radius 1 is 1.00 bits per heavy atom. The third-order valence-corrected chi connectivity index (χ3v) is 7.51. The molecule has 8 nitrogen and oxygen atoms in total. The van der Waals surface area contributed by atoms with Crippen molar-refractivity contribution in [1.29, 1.82) is 0 Å². The zero-order chi connectivity index (χ0) is 26.0. The SMILES string of the molecule is COC1CCC(CSC(C)=O)(C(=O)NC(Cc2ccccc2)C(=O)ONC(=O)c2ccccc2)CC1. The minimum Gasteiger partial charge on any atom is -0.381 e. The first kappa shape index (κ1) is 27.4. The quantitative estimate of drug-likeness (QED) is 0.495. The van der Waals surface area contributed by atoms with E-state index in [9.17, 15) is 19.2 Å². The van der Waals surface area contributed by atoms with Crippen molar-refractivity contribution < 1.29 is 28.8 Å². The van der Waals surface area contributed by atoms with Gasteiger partial charge in [0.25, 0.3) is 5.91 Å². The number of hydrogen-bond acceptors (Lipinski definition) is 7. The van der Waals surface area contributed by atoms with Gasteiger partial charge in [0.1, 0.15) is 6.04 Å². The van der Waals surface area contributed by atoms with Crippen LogP contribution in [0.5, 0.6) is 0 Å². The molecule has 0 bridgehead atoms. The van der Waals surface area contributed by atoms with E-state index >= 15 is 0 Å². The van der Waals surface area contributed by atoms with Crippen molar-refractivity contribution >= 4 is 34.7 Å². The van der Waals surface area contributed by atoms with Crippen molar-refractivity contribution in [3.8, 4) is 0 Å². The van der Waals surface area contributed by atoms with Gasteiger partial charge < -0.3 is 14.9 Å². The van der Waals surface area contributed by atoms with E-state index in [4.69, 9.17) is 9.57 Å². The van der Waals surface area contributed by atoms with Crippen LogP contribution < -0.4 is 10.8 Å². The molecule has 1 unspecified atom stereocenters. The Hall–Kier alpha value is -3.17. The molecule has 1 fully saturated rings. The molecule has 36 heavy (non-hydrogen) atoms. The molecule has 1 atom stereocenters. The van der Waals surface area contributed by atoms with Crippen LogP contribution >= 0.6 is 11.8 Å². The van der Waals surface area contributed by atoms with E-state index in [0.717, 1.165) is 17.3 Å². The first-order valence-electron chi connectivity index (χ1n) is 11.9. The third-order valence-electron chi connectivity index (χ3n) is 6.41. The number of methoxy groups -OCH3 is 1. The highest BCUT2D eigenvalue weighted by atomic mass is 32.2. The molecule has 2 aromatic rings. The monoisotopic (exact) mass is 512 g/mol. The fraction of sp³-hybridized carbons (Fsp3) is 0.407. The summed E-state index contributed by atoms with van der Waals surface area (Å²) in [7, 11) is 1.65. The molecule has 2 N–H and O–H groups in total. The van der Waals surface area contributed by atoms with Crippen molar-refractivity contribution in [2.75, 3.05) is 12.9 Å². The second-order valence-electron chi connectivity index (χ2n) is 8.93. The van der Waals surface area contributed by atoms with Crippen LogP contribution in [-0.2, 0) is 30.4 Å². The van der Waals surface area contributed by atoms with E-state index in [2.05, 4.69) is 10.8 Å². The molecule has 0 radical (unpaired) electrons. The van der Waals surface area contributed by atoms with Crippen LogP contribution in [0.3, 0.4) is 0 Å². The molecule has 192 valence electrons. The largest absolute Gasteiger partial charge is 0.381 e. The minimum atomic E-state index is -1.03. The molecular weight excluding hydrogens is 480 g/mol. The van der Waals surface area contributed by atoms with Crippen LogP contribution in [0.25, 0.3) is 0 Å². The first-order chi connectivity index (χ1) is 17.3. The Bertz CT molecular complexity index is 1040. The first-order valence-corrected chi connectivity index (χ1v) is 12.9. The van der Waals surface area contributed by atoms with Crippen molar-refractivity contribution in [2.45, 2.75) is 51.2 Å². The summed E-state index contributed by atoms with van der Waals surface area (Å²) in [6.07, 6.45) is 2.69. The number of thioether (sulfide) groups is 1. The molecule has 1 saturated carbocycles. The predicted molar refractivity (Wildman–Crippen MR) is 137 cm³/mol. The van der Waals surface area contributed by atoms with Crippen molar-refractivity contribution in [2.24, 2.45) is 5.41 Å². The van der Waals surface area contributed by atoms with Crippen molar-refractivity contribution in [3.05, 3.63) is 71.8 Å². The van der Waals surface area contributed by atoms with Gasteiger partial charge in [-0.05, 0) is 43.4 Å². The lowest BCUT2D eigenvalue weighted by Crippen LogP contribution is -2.53. The molecule has 2 aromatic carbocycles. The number of hydrogen-bond donors (Lipinski definition) is 2. The number of ether oxygens (including phenoxy) is 1. The molecule has 0 spiro atoms. The molecule has 3 rings (SSSR count). The Morgan fingerprint density at radius 2 is 1.61 bits per heavy atom. The van der Waals surface area contributed by atoms with Crippen molar-refractivity contribution in [3.63, 3.8) is 0 Å². The smallest absolute Gasteiger partial charge is 0.354 e. The van der Waals surface area contributed by atoms with Crippen LogP contribution in [0.1, 0.15) is 48.5 Å². The van der Waals surface area contributed by atoms with Crippen LogP contribution in [-0.4, -0.2) is 47.9 Å². The molecule has 0 aromatic heterocycles. The standard InChI is InChI=1S/C27H32N2O6S/c1-19(30)36-18-27(15-13-22(34-2)14-16-27)26(33)28-23(17-20-9-5-3-6-10-20)25(32)35-29-24(31)21-11-7-4-8-12-21/h3-12,22-23H,13-18H2,1-2H3,(H,28,33)(H,29,31). The average molecular weight is 513 g/mol.